The highest BCUT2D eigenvalue weighted by atomic mass is 35.5. The molecule has 1 aliphatic carbocycles. The summed E-state index contributed by atoms with van der Waals surface area (Å²) < 4.78 is 18.2. The first kappa shape index (κ1) is 23.2. The van der Waals surface area contributed by atoms with Crippen LogP contribution in [0.1, 0.15) is 51.0 Å². The van der Waals surface area contributed by atoms with E-state index in [1.807, 2.05) is 6.92 Å². The summed E-state index contributed by atoms with van der Waals surface area (Å²) in [5.41, 5.74) is 0. The van der Waals surface area contributed by atoms with Gasteiger partial charge in [0.15, 0.2) is 5.02 Å². The monoisotopic (exact) mass is 473 g/mol. The summed E-state index contributed by atoms with van der Waals surface area (Å²) in [7, 11) is 0. The van der Waals surface area contributed by atoms with Gasteiger partial charge < -0.3 is 19.0 Å². The zero-order valence-corrected chi connectivity index (χ0v) is 19.3. The number of hydrogen-bond donors (Lipinski definition) is 0. The van der Waals surface area contributed by atoms with E-state index in [0.29, 0.717) is 23.2 Å². The fourth-order valence-corrected chi connectivity index (χ4v) is 4.40. The van der Waals surface area contributed by atoms with E-state index in [1.165, 1.54) is 17.7 Å². The molecule has 164 valence electrons. The van der Waals surface area contributed by atoms with E-state index in [2.05, 4.69) is 15.0 Å². The number of rotatable bonds is 10. The molecule has 0 N–H and O–H groups in total. The standard InChI is InChI=1S/C20H25Cl2N3O4S/c1-12(7-13(2)26)9-27-14-3-5-15(6-4-14)29-20-18(22)19(24-11-25-20)28-10-17-23-8-16(21)30-17/h8,11-12,14-15H,3-7,9-10H2,1-2H3/t12-,14?,15?/m1/s1. The zero-order valence-electron chi connectivity index (χ0n) is 17.0. The van der Waals surface area contributed by atoms with Crippen LogP contribution in [0.3, 0.4) is 0 Å². The minimum Gasteiger partial charge on any atom is -0.473 e. The summed E-state index contributed by atoms with van der Waals surface area (Å²) >= 11 is 13.6. The maximum absolute atomic E-state index is 11.2. The van der Waals surface area contributed by atoms with Crippen LogP contribution in [0.4, 0.5) is 0 Å². The lowest BCUT2D eigenvalue weighted by atomic mass is 9.94. The first-order valence-corrected chi connectivity index (χ1v) is 11.5. The molecule has 0 spiro atoms. The number of thiazole rings is 1. The fraction of sp³-hybridized carbons (Fsp3) is 0.600. The second-order valence-electron chi connectivity index (χ2n) is 7.51. The van der Waals surface area contributed by atoms with Gasteiger partial charge in [0.2, 0.25) is 11.8 Å². The Hall–Kier alpha value is -1.48. The van der Waals surface area contributed by atoms with E-state index in [1.54, 1.807) is 13.1 Å². The number of nitrogens with zero attached hydrogens (tertiary/aromatic N) is 3. The normalized spacial score (nSPS) is 20.0. The molecule has 30 heavy (non-hydrogen) atoms. The lowest BCUT2D eigenvalue weighted by Gasteiger charge is -2.29. The number of ether oxygens (including phenoxy) is 3. The maximum atomic E-state index is 11.2. The van der Waals surface area contributed by atoms with Crippen LogP contribution in [0.15, 0.2) is 12.5 Å². The van der Waals surface area contributed by atoms with Crippen molar-refractivity contribution in [3.8, 4) is 11.8 Å². The summed E-state index contributed by atoms with van der Waals surface area (Å²) in [4.78, 5) is 23.6. The minimum atomic E-state index is 0.0116. The van der Waals surface area contributed by atoms with Gasteiger partial charge in [0.05, 0.1) is 12.3 Å². The van der Waals surface area contributed by atoms with Crippen molar-refractivity contribution in [3.05, 3.63) is 26.9 Å². The van der Waals surface area contributed by atoms with E-state index in [4.69, 9.17) is 37.4 Å². The minimum absolute atomic E-state index is 0.0116. The SMILES string of the molecule is CC(=O)C[C@@H](C)COC1CCC(Oc2ncnc(OCc3ncc(Cl)s3)c2Cl)CC1. The quantitative estimate of drug-likeness (QED) is 0.472. The molecule has 1 saturated carbocycles. The molecule has 1 fully saturated rings. The molecule has 0 saturated heterocycles. The molecule has 7 nitrogen and oxygen atoms in total. The number of carbonyl (C=O) groups is 1. The van der Waals surface area contributed by atoms with Gasteiger partial charge in [0.1, 0.15) is 34.2 Å². The molecule has 0 amide bonds. The molecule has 1 aliphatic rings. The van der Waals surface area contributed by atoms with Crippen molar-refractivity contribution in [2.75, 3.05) is 6.61 Å². The number of ketones is 1. The van der Waals surface area contributed by atoms with Gasteiger partial charge in [0, 0.05) is 13.0 Å². The van der Waals surface area contributed by atoms with Gasteiger partial charge in [-0.3, -0.25) is 0 Å². The lowest BCUT2D eigenvalue weighted by molar-refractivity contribution is -0.118. The Kier molecular flexibility index (Phi) is 8.68. The van der Waals surface area contributed by atoms with Crippen LogP contribution in [0.25, 0.3) is 0 Å². The van der Waals surface area contributed by atoms with Gasteiger partial charge in [-0.05, 0) is 38.5 Å². The topological polar surface area (TPSA) is 83.4 Å². The number of carbonyl (C=O) groups excluding carboxylic acids is 1. The lowest BCUT2D eigenvalue weighted by Crippen LogP contribution is -2.29. The van der Waals surface area contributed by atoms with Crippen molar-refractivity contribution in [1.29, 1.82) is 0 Å². The highest BCUT2D eigenvalue weighted by Gasteiger charge is 2.25. The van der Waals surface area contributed by atoms with E-state index in [-0.39, 0.29) is 41.4 Å². The van der Waals surface area contributed by atoms with Crippen LogP contribution in [0.2, 0.25) is 9.36 Å². The molecule has 2 aromatic rings. The number of aromatic nitrogens is 3. The Bertz CT molecular complexity index is 843. The molecule has 10 heteroatoms. The molecular weight excluding hydrogens is 449 g/mol. The molecule has 0 aromatic carbocycles. The molecule has 3 rings (SSSR count). The largest absolute Gasteiger partial charge is 0.473 e. The van der Waals surface area contributed by atoms with Gasteiger partial charge in [0.25, 0.3) is 0 Å². The van der Waals surface area contributed by atoms with Crippen LogP contribution in [-0.2, 0) is 16.1 Å². The van der Waals surface area contributed by atoms with Gasteiger partial charge in [-0.2, -0.15) is 0 Å². The molecule has 0 bridgehead atoms. The van der Waals surface area contributed by atoms with Gasteiger partial charge in [-0.1, -0.05) is 30.1 Å². The third kappa shape index (κ3) is 7.04. The van der Waals surface area contributed by atoms with Crippen LogP contribution in [0.5, 0.6) is 11.8 Å². The van der Waals surface area contributed by atoms with E-state index < -0.39 is 0 Å². The predicted molar refractivity (Wildman–Crippen MR) is 116 cm³/mol. The first-order chi connectivity index (χ1) is 14.4. The van der Waals surface area contributed by atoms with Gasteiger partial charge in [-0.15, -0.1) is 11.3 Å². The van der Waals surface area contributed by atoms with Crippen molar-refractivity contribution in [2.24, 2.45) is 5.92 Å². The Morgan fingerprint density at radius 2 is 1.87 bits per heavy atom. The van der Waals surface area contributed by atoms with Crippen molar-refractivity contribution in [2.45, 2.75) is 64.8 Å². The Morgan fingerprint density at radius 3 is 2.53 bits per heavy atom. The van der Waals surface area contributed by atoms with Crippen LogP contribution in [0, 0.1) is 5.92 Å². The van der Waals surface area contributed by atoms with Crippen molar-refractivity contribution in [3.63, 3.8) is 0 Å². The van der Waals surface area contributed by atoms with Crippen LogP contribution in [-0.4, -0.2) is 39.5 Å². The summed E-state index contributed by atoms with van der Waals surface area (Å²) in [6, 6.07) is 0. The van der Waals surface area contributed by atoms with Crippen molar-refractivity contribution in [1.82, 2.24) is 15.0 Å². The summed E-state index contributed by atoms with van der Waals surface area (Å²) in [6.45, 7) is 4.48. The average molecular weight is 474 g/mol. The fourth-order valence-electron chi connectivity index (χ4n) is 3.33. The Balaban J connectivity index is 1.46. The highest BCUT2D eigenvalue weighted by Crippen LogP contribution is 2.33. The van der Waals surface area contributed by atoms with Crippen molar-refractivity contribution < 1.29 is 19.0 Å². The smallest absolute Gasteiger partial charge is 0.240 e. The van der Waals surface area contributed by atoms with Crippen LogP contribution >= 0.6 is 34.5 Å². The molecule has 0 aliphatic heterocycles. The molecule has 2 aromatic heterocycles. The van der Waals surface area contributed by atoms with Crippen molar-refractivity contribution >= 4 is 40.3 Å². The molecular formula is C20H25Cl2N3O4S. The molecule has 0 radical (unpaired) electrons. The van der Waals surface area contributed by atoms with Gasteiger partial charge >= 0.3 is 0 Å². The van der Waals surface area contributed by atoms with E-state index in [0.717, 1.165) is 30.7 Å². The van der Waals surface area contributed by atoms with Crippen LogP contribution < -0.4 is 9.47 Å². The third-order valence-electron chi connectivity index (χ3n) is 4.74. The summed E-state index contributed by atoms with van der Waals surface area (Å²) in [5.74, 6) is 1.02. The van der Waals surface area contributed by atoms with Gasteiger partial charge in [-0.25, -0.2) is 15.0 Å². The zero-order chi connectivity index (χ0) is 21.5. The van der Waals surface area contributed by atoms with E-state index in [9.17, 15) is 4.79 Å². The highest BCUT2D eigenvalue weighted by molar-refractivity contribution is 7.15. The third-order valence-corrected chi connectivity index (χ3v) is 6.15. The summed E-state index contributed by atoms with van der Waals surface area (Å²) in [6.07, 6.45) is 7.20. The number of halogens is 2. The number of hydrogen-bond acceptors (Lipinski definition) is 8. The second-order valence-corrected chi connectivity index (χ2v) is 9.63. The Morgan fingerprint density at radius 1 is 1.17 bits per heavy atom. The maximum Gasteiger partial charge on any atom is 0.240 e. The molecule has 0 unspecified atom stereocenters. The first-order valence-electron chi connectivity index (χ1n) is 9.92. The predicted octanol–water partition coefficient (Wildman–Crippen LogP) is 5.14. The number of Topliss-reactive ketones (excluding diaryl/α,β-unsaturated/α-hetero) is 1. The molecule has 1 atom stereocenters. The summed E-state index contributed by atoms with van der Waals surface area (Å²) in [5, 5.41) is 0.977. The molecule has 2 heterocycles. The average Bonchev–Trinajstić information content (AvgIpc) is 3.13. The Labute approximate surface area is 190 Å². The van der Waals surface area contributed by atoms with E-state index >= 15 is 0 Å². The second kappa shape index (κ2) is 11.2.